The van der Waals surface area contributed by atoms with E-state index in [1.54, 1.807) is 24.3 Å². The molecule has 0 bridgehead atoms. The second-order valence-corrected chi connectivity index (χ2v) is 7.66. The summed E-state index contributed by atoms with van der Waals surface area (Å²) < 4.78 is 5.83. The van der Waals surface area contributed by atoms with Crippen LogP contribution >= 0.6 is 11.3 Å². The van der Waals surface area contributed by atoms with Crippen molar-refractivity contribution in [3.8, 4) is 21.8 Å². The molecule has 0 aliphatic carbocycles. The molecule has 6 nitrogen and oxygen atoms in total. The topological polar surface area (TPSA) is 90.4 Å². The molecule has 0 unspecified atom stereocenters. The van der Waals surface area contributed by atoms with Crippen LogP contribution in [0.25, 0.3) is 32.8 Å². The van der Waals surface area contributed by atoms with Crippen LogP contribution in [0.15, 0.2) is 58.3 Å². The van der Waals surface area contributed by atoms with Crippen LogP contribution in [0.5, 0.6) is 0 Å². The van der Waals surface area contributed by atoms with E-state index in [1.165, 1.54) is 11.3 Å². The molecular formula is C23H21N3O3S. The van der Waals surface area contributed by atoms with Gasteiger partial charge in [-0.2, -0.15) is 0 Å². The first-order valence-corrected chi connectivity index (χ1v) is 10.5. The zero-order valence-corrected chi connectivity index (χ0v) is 17.5. The van der Waals surface area contributed by atoms with Crippen LogP contribution in [-0.4, -0.2) is 29.1 Å². The van der Waals surface area contributed by atoms with E-state index < -0.39 is 5.97 Å². The Morgan fingerprint density at radius 1 is 1.13 bits per heavy atom. The van der Waals surface area contributed by atoms with E-state index >= 15 is 0 Å². The molecule has 0 spiro atoms. The second-order valence-electron chi connectivity index (χ2n) is 6.80. The molecule has 4 aromatic rings. The molecule has 2 aromatic heterocycles. The summed E-state index contributed by atoms with van der Waals surface area (Å²) in [5.41, 5.74) is 4.26. The number of carboxylic acid groups (broad SMARTS) is 1. The van der Waals surface area contributed by atoms with Gasteiger partial charge in [-0.15, -0.1) is 11.3 Å². The van der Waals surface area contributed by atoms with Gasteiger partial charge in [0.05, 0.1) is 16.8 Å². The van der Waals surface area contributed by atoms with E-state index in [1.807, 2.05) is 23.6 Å². The quantitative estimate of drug-likeness (QED) is 0.446. The molecule has 2 heterocycles. The molecule has 152 valence electrons. The fraction of sp³-hybridized carbons (Fsp3) is 0.174. The van der Waals surface area contributed by atoms with Gasteiger partial charge in [0.2, 0.25) is 5.55 Å². The van der Waals surface area contributed by atoms with Gasteiger partial charge >= 0.3 is 5.97 Å². The minimum Gasteiger partial charge on any atom is -0.478 e. The van der Waals surface area contributed by atoms with Gasteiger partial charge in [-0.3, -0.25) is 5.41 Å². The zero-order chi connectivity index (χ0) is 21.3. The number of rotatable bonds is 6. The summed E-state index contributed by atoms with van der Waals surface area (Å²) in [5.74, 6) is -0.957. The third kappa shape index (κ3) is 3.71. The minimum atomic E-state index is -0.957. The second kappa shape index (κ2) is 8.12. The fourth-order valence-electron chi connectivity index (χ4n) is 3.37. The highest BCUT2D eigenvalue weighted by molar-refractivity contribution is 7.13. The molecule has 30 heavy (non-hydrogen) atoms. The van der Waals surface area contributed by atoms with Crippen molar-refractivity contribution in [2.24, 2.45) is 0 Å². The summed E-state index contributed by atoms with van der Waals surface area (Å²) in [6, 6.07) is 14.6. The Hall–Kier alpha value is -3.45. The lowest BCUT2D eigenvalue weighted by Crippen LogP contribution is -2.21. The van der Waals surface area contributed by atoms with Crippen molar-refractivity contribution in [1.29, 1.82) is 5.41 Å². The lowest BCUT2D eigenvalue weighted by atomic mass is 10.1. The number of aromatic carboxylic acids is 1. The van der Waals surface area contributed by atoms with Crippen LogP contribution in [0, 0.1) is 5.41 Å². The maximum atomic E-state index is 11.0. The number of thiazole rings is 1. The smallest absolute Gasteiger partial charge is 0.335 e. The zero-order valence-electron chi connectivity index (χ0n) is 16.7. The summed E-state index contributed by atoms with van der Waals surface area (Å²) >= 11 is 1.43. The Morgan fingerprint density at radius 2 is 1.87 bits per heavy atom. The summed E-state index contributed by atoms with van der Waals surface area (Å²) in [6.45, 7) is 6.03. The van der Waals surface area contributed by atoms with E-state index in [-0.39, 0.29) is 11.1 Å². The van der Waals surface area contributed by atoms with Crippen molar-refractivity contribution in [2.45, 2.75) is 13.8 Å². The van der Waals surface area contributed by atoms with Gasteiger partial charge in [-0.05, 0) is 44.2 Å². The SMILES string of the molecule is CCN(CC)c1ccc2cc(-c3nc(-c4ccc(C(=O)O)cc4)cs3)c(=N)oc2c1. The van der Waals surface area contributed by atoms with Crippen LogP contribution in [0.1, 0.15) is 24.2 Å². The first-order valence-electron chi connectivity index (χ1n) is 9.67. The third-order valence-electron chi connectivity index (χ3n) is 5.04. The maximum absolute atomic E-state index is 11.0. The number of anilines is 1. The Balaban J connectivity index is 1.70. The number of aromatic nitrogens is 1. The van der Waals surface area contributed by atoms with Crippen LogP contribution < -0.4 is 10.5 Å². The van der Waals surface area contributed by atoms with Gasteiger partial charge in [-0.1, -0.05) is 12.1 Å². The molecule has 2 N–H and O–H groups in total. The first-order chi connectivity index (χ1) is 14.5. The Labute approximate surface area is 177 Å². The number of nitrogens with zero attached hydrogens (tertiary/aromatic N) is 2. The average molecular weight is 420 g/mol. The highest BCUT2D eigenvalue weighted by Crippen LogP contribution is 2.30. The van der Waals surface area contributed by atoms with Crippen molar-refractivity contribution in [2.75, 3.05) is 18.0 Å². The van der Waals surface area contributed by atoms with Crippen molar-refractivity contribution < 1.29 is 14.3 Å². The lowest BCUT2D eigenvalue weighted by Gasteiger charge is -2.21. The number of hydrogen-bond acceptors (Lipinski definition) is 6. The van der Waals surface area contributed by atoms with E-state index in [4.69, 9.17) is 14.9 Å². The van der Waals surface area contributed by atoms with Gasteiger partial charge in [-0.25, -0.2) is 9.78 Å². The summed E-state index contributed by atoms with van der Waals surface area (Å²) in [6.07, 6.45) is 0. The van der Waals surface area contributed by atoms with Crippen molar-refractivity contribution >= 4 is 34.0 Å². The van der Waals surface area contributed by atoms with E-state index in [9.17, 15) is 4.79 Å². The van der Waals surface area contributed by atoms with Gasteiger partial charge in [0, 0.05) is 41.2 Å². The van der Waals surface area contributed by atoms with Crippen LogP contribution in [0.3, 0.4) is 0 Å². The molecule has 0 aliphatic rings. The van der Waals surface area contributed by atoms with E-state index in [0.29, 0.717) is 16.2 Å². The number of benzene rings is 2. The predicted molar refractivity (Wildman–Crippen MR) is 119 cm³/mol. The molecule has 0 atom stereocenters. The monoisotopic (exact) mass is 419 g/mol. The Bertz CT molecular complexity index is 1270. The van der Waals surface area contributed by atoms with E-state index in [2.05, 4.69) is 29.8 Å². The highest BCUT2D eigenvalue weighted by atomic mass is 32.1. The van der Waals surface area contributed by atoms with Crippen molar-refractivity contribution in [1.82, 2.24) is 4.98 Å². The van der Waals surface area contributed by atoms with Crippen molar-refractivity contribution in [3.63, 3.8) is 0 Å². The predicted octanol–water partition coefficient (Wildman–Crippen LogP) is 5.25. The van der Waals surface area contributed by atoms with Gasteiger partial charge in [0.25, 0.3) is 0 Å². The number of fused-ring (bicyclic) bond motifs is 1. The molecular weight excluding hydrogens is 398 g/mol. The Kier molecular flexibility index (Phi) is 5.37. The largest absolute Gasteiger partial charge is 0.478 e. The molecule has 0 saturated carbocycles. The Morgan fingerprint density at radius 3 is 2.53 bits per heavy atom. The molecule has 0 amide bonds. The minimum absolute atomic E-state index is 0.0707. The first kappa shape index (κ1) is 19.8. The highest BCUT2D eigenvalue weighted by Gasteiger charge is 2.13. The number of hydrogen-bond donors (Lipinski definition) is 2. The molecule has 0 aliphatic heterocycles. The lowest BCUT2D eigenvalue weighted by molar-refractivity contribution is 0.0697. The standard InChI is InChI=1S/C23H21N3O3S/c1-3-26(4-2)17-10-9-16-11-18(21(24)29-20(16)12-17)22-25-19(13-30-22)14-5-7-15(8-6-14)23(27)28/h5-13,24H,3-4H2,1-2H3,(H,27,28). The molecule has 0 saturated heterocycles. The van der Waals surface area contributed by atoms with E-state index in [0.717, 1.165) is 35.4 Å². The fourth-order valence-corrected chi connectivity index (χ4v) is 4.22. The van der Waals surface area contributed by atoms with Crippen molar-refractivity contribution in [3.05, 3.63) is 65.0 Å². The van der Waals surface area contributed by atoms with Crippen LogP contribution in [0.4, 0.5) is 5.69 Å². The average Bonchev–Trinajstić information content (AvgIpc) is 3.24. The number of carbonyl (C=O) groups is 1. The normalized spacial score (nSPS) is 11.0. The summed E-state index contributed by atoms with van der Waals surface area (Å²) in [7, 11) is 0. The molecule has 4 rings (SSSR count). The van der Waals surface area contributed by atoms with Gasteiger partial charge in [0.1, 0.15) is 10.6 Å². The van der Waals surface area contributed by atoms with Gasteiger partial charge < -0.3 is 14.4 Å². The summed E-state index contributed by atoms with van der Waals surface area (Å²) in [4.78, 5) is 17.9. The molecule has 7 heteroatoms. The molecule has 0 radical (unpaired) electrons. The van der Waals surface area contributed by atoms with Crippen LogP contribution in [0.2, 0.25) is 0 Å². The molecule has 2 aromatic carbocycles. The van der Waals surface area contributed by atoms with Crippen LogP contribution in [-0.2, 0) is 0 Å². The van der Waals surface area contributed by atoms with Gasteiger partial charge in [0.15, 0.2) is 0 Å². The third-order valence-corrected chi connectivity index (χ3v) is 5.92. The number of carboxylic acids is 1. The number of nitrogens with one attached hydrogen (secondary N) is 1. The molecule has 0 fully saturated rings. The summed E-state index contributed by atoms with van der Waals surface area (Å²) in [5, 5.41) is 20.9. The maximum Gasteiger partial charge on any atom is 0.335 e.